The van der Waals surface area contributed by atoms with Crippen LogP contribution in [0.1, 0.15) is 58.9 Å². The van der Waals surface area contributed by atoms with Crippen molar-refractivity contribution in [3.8, 4) is 0 Å². The van der Waals surface area contributed by atoms with Crippen LogP contribution in [0.5, 0.6) is 0 Å². The average Bonchev–Trinajstić information content (AvgIpc) is 2.58. The number of benzene rings is 1. The molecule has 2 saturated carbocycles. The minimum atomic E-state index is -3.32. The van der Waals surface area contributed by atoms with Gasteiger partial charge in [-0.2, -0.15) is 0 Å². The van der Waals surface area contributed by atoms with Crippen LogP contribution in [-0.2, 0) is 38.9 Å². The summed E-state index contributed by atoms with van der Waals surface area (Å²) in [5.41, 5.74) is -0.136. The summed E-state index contributed by atoms with van der Waals surface area (Å²) < 4.78 is 26.9. The second kappa shape index (κ2) is 8.13. The van der Waals surface area contributed by atoms with Gasteiger partial charge in [-0.3, -0.25) is 0 Å². The quantitative estimate of drug-likeness (QED) is 0.463. The van der Waals surface area contributed by atoms with Crippen molar-refractivity contribution in [1.29, 1.82) is 0 Å². The van der Waals surface area contributed by atoms with E-state index in [1.807, 2.05) is 37.3 Å². The molecule has 2 fully saturated rings. The maximum atomic E-state index is 13.1. The number of halogens is 1. The molecule has 6 heteroatoms. The molecule has 1 aromatic carbocycles. The fourth-order valence-corrected chi connectivity index (χ4v) is 17.3. The molecular formula is C22H33ClHgO3S. The fourth-order valence-electron chi connectivity index (χ4n) is 6.39. The van der Waals surface area contributed by atoms with Crippen molar-refractivity contribution in [3.63, 3.8) is 0 Å². The van der Waals surface area contributed by atoms with Gasteiger partial charge in [-0.05, 0) is 0 Å². The molecule has 0 aromatic heterocycles. The third-order valence-electron chi connectivity index (χ3n) is 8.10. The topological polar surface area (TPSA) is 54.4 Å². The van der Waals surface area contributed by atoms with Crippen molar-refractivity contribution >= 4 is 18.1 Å². The van der Waals surface area contributed by atoms with Crippen molar-refractivity contribution in [2.24, 2.45) is 22.7 Å². The van der Waals surface area contributed by atoms with E-state index in [9.17, 15) is 13.5 Å². The van der Waals surface area contributed by atoms with E-state index in [4.69, 9.17) is 8.25 Å². The van der Waals surface area contributed by atoms with Gasteiger partial charge in [-0.15, -0.1) is 0 Å². The molecule has 0 spiro atoms. The molecule has 2 aliphatic carbocycles. The second-order valence-electron chi connectivity index (χ2n) is 10.3. The fraction of sp³-hybridized carbons (Fsp3) is 0.727. The molecule has 2 aliphatic rings. The van der Waals surface area contributed by atoms with Gasteiger partial charge in [0.25, 0.3) is 0 Å². The Labute approximate surface area is 186 Å². The Morgan fingerprint density at radius 1 is 1.11 bits per heavy atom. The summed E-state index contributed by atoms with van der Waals surface area (Å²) in [6.07, 6.45) is 3.72. The molecule has 0 aliphatic heterocycles. The van der Waals surface area contributed by atoms with E-state index in [2.05, 4.69) is 20.8 Å². The Kier molecular flexibility index (Phi) is 6.68. The number of rotatable bonds is 5. The zero-order valence-corrected chi connectivity index (χ0v) is 24.7. The van der Waals surface area contributed by atoms with E-state index in [0.717, 1.165) is 24.8 Å². The molecule has 0 saturated heterocycles. The first-order valence-corrected chi connectivity index (χ1v) is 22.2. The summed E-state index contributed by atoms with van der Waals surface area (Å²) in [7, 11) is 3.19. The van der Waals surface area contributed by atoms with Gasteiger partial charge >= 0.3 is 187 Å². The number of hydrogen-bond acceptors (Lipinski definition) is 3. The Morgan fingerprint density at radius 2 is 1.75 bits per heavy atom. The van der Waals surface area contributed by atoms with Crippen LogP contribution in [0.3, 0.4) is 0 Å². The summed E-state index contributed by atoms with van der Waals surface area (Å²) in [5.74, 6) is 0.300. The van der Waals surface area contributed by atoms with Crippen LogP contribution in [-0.4, -0.2) is 24.9 Å². The van der Waals surface area contributed by atoms with Crippen LogP contribution in [0.25, 0.3) is 0 Å². The van der Waals surface area contributed by atoms with Crippen molar-refractivity contribution in [1.82, 2.24) is 0 Å². The first-order chi connectivity index (χ1) is 12.9. The van der Waals surface area contributed by atoms with Crippen LogP contribution < -0.4 is 0 Å². The Morgan fingerprint density at radius 3 is 2.36 bits per heavy atom. The normalized spacial score (nSPS) is 37.7. The van der Waals surface area contributed by atoms with Crippen molar-refractivity contribution in [2.75, 3.05) is 5.75 Å². The average molecular weight is 614 g/mol. The summed E-state index contributed by atoms with van der Waals surface area (Å²) in [5, 5.41) is 11.3. The van der Waals surface area contributed by atoms with Crippen molar-refractivity contribution < 1.29 is 36.9 Å². The Balaban J connectivity index is 1.91. The van der Waals surface area contributed by atoms with E-state index in [1.54, 1.807) is 0 Å². The summed E-state index contributed by atoms with van der Waals surface area (Å²) >= 11 is -1.40. The minimum absolute atomic E-state index is 0.0475. The third-order valence-corrected chi connectivity index (χ3v) is 20.1. The van der Waals surface area contributed by atoms with Gasteiger partial charge in [0.05, 0.1) is 0 Å². The molecule has 3 nitrogen and oxygen atoms in total. The van der Waals surface area contributed by atoms with Crippen LogP contribution in [0.15, 0.2) is 30.3 Å². The molecule has 0 amide bonds. The molecule has 28 heavy (non-hydrogen) atoms. The zero-order valence-electron chi connectivity index (χ0n) is 17.6. The van der Waals surface area contributed by atoms with Gasteiger partial charge in [-0.1, -0.05) is 0 Å². The maximum absolute atomic E-state index is 13.1. The van der Waals surface area contributed by atoms with Crippen LogP contribution in [0.2, 0.25) is 3.43 Å². The predicted octanol–water partition coefficient (Wildman–Crippen LogP) is 5.23. The van der Waals surface area contributed by atoms with Gasteiger partial charge in [0.2, 0.25) is 0 Å². The monoisotopic (exact) mass is 614 g/mol. The van der Waals surface area contributed by atoms with Crippen molar-refractivity contribution in [2.45, 2.75) is 68.2 Å². The second-order valence-corrected chi connectivity index (χ2v) is 20.1. The summed E-state index contributed by atoms with van der Waals surface area (Å²) in [4.78, 5) is 0. The van der Waals surface area contributed by atoms with Crippen LogP contribution >= 0.6 is 8.25 Å². The Bertz CT molecular complexity index is 793. The number of fused-ring (bicyclic) bond motifs is 1. The van der Waals surface area contributed by atoms with Crippen LogP contribution in [0.4, 0.5) is 0 Å². The summed E-state index contributed by atoms with van der Waals surface area (Å²) in [6.45, 7) is 8.80. The molecule has 154 valence electrons. The molecule has 3 rings (SSSR count). The molecule has 0 heterocycles. The molecule has 5 atom stereocenters. The number of hydrogen-bond donors (Lipinski definition) is 1. The number of aliphatic hydroxyl groups is 1. The molecule has 0 radical (unpaired) electrons. The summed E-state index contributed by atoms with van der Waals surface area (Å²) in [6, 6.07) is 9.38. The van der Waals surface area contributed by atoms with E-state index < -0.39 is 38.8 Å². The predicted molar refractivity (Wildman–Crippen MR) is 111 cm³/mol. The SMILES string of the molecule is CC1(C)[C@@H]([Hg][Cl])CC[C@]2(C)[C@@H](CS(=O)(=O)Cc3ccccc3)[C@](C)(O)CC[C@@H]12. The molecule has 0 unspecified atom stereocenters. The zero-order chi connectivity index (χ0) is 20.8. The van der Waals surface area contributed by atoms with E-state index in [-0.39, 0.29) is 28.3 Å². The van der Waals surface area contributed by atoms with Gasteiger partial charge in [-0.25, -0.2) is 0 Å². The Hall–Kier alpha value is 0.355. The molecular weight excluding hydrogens is 580 g/mol. The van der Waals surface area contributed by atoms with Gasteiger partial charge < -0.3 is 0 Å². The van der Waals surface area contributed by atoms with Crippen LogP contribution in [0, 0.1) is 22.7 Å². The van der Waals surface area contributed by atoms with Gasteiger partial charge in [0.1, 0.15) is 0 Å². The first kappa shape index (κ1) is 23.0. The van der Waals surface area contributed by atoms with Gasteiger partial charge in [0.15, 0.2) is 0 Å². The standard InChI is InChI=1S/C22H33O3S.ClH.Hg/c1-20(2)12-8-13-21(3)18(20)11-14-22(4,23)19(21)16-26(24,25)15-17-9-6-5-7-10-17;;/h5-7,9-10,12,18-19,23H,8,11,13-16H2,1-4H3;1H;/q;;+1/p-1/t18-,19+,21-,22+;;/m0../s1. The molecule has 1 N–H and O–H groups in total. The van der Waals surface area contributed by atoms with Crippen molar-refractivity contribution in [3.05, 3.63) is 35.9 Å². The van der Waals surface area contributed by atoms with E-state index in [1.165, 1.54) is 0 Å². The first-order valence-electron chi connectivity index (χ1n) is 10.4. The van der Waals surface area contributed by atoms with Gasteiger partial charge in [0, 0.05) is 0 Å². The molecule has 1 aromatic rings. The third kappa shape index (κ3) is 4.36. The molecule has 0 bridgehead atoms. The number of sulfone groups is 1. The van der Waals surface area contributed by atoms with E-state index >= 15 is 0 Å². The van der Waals surface area contributed by atoms with E-state index in [0.29, 0.717) is 15.8 Å².